The van der Waals surface area contributed by atoms with Crippen molar-refractivity contribution in [1.82, 2.24) is 0 Å². The van der Waals surface area contributed by atoms with Crippen LogP contribution in [0.3, 0.4) is 0 Å². The number of hydrogen-bond acceptors (Lipinski definition) is 10. The molecule has 0 bridgehead atoms. The van der Waals surface area contributed by atoms with E-state index in [1.165, 1.54) is 42.7 Å². The molecule has 1 aliphatic carbocycles. The van der Waals surface area contributed by atoms with E-state index in [2.05, 4.69) is 5.32 Å². The van der Waals surface area contributed by atoms with Gasteiger partial charge in [-0.3, -0.25) is 14.5 Å². The molecule has 0 aromatic heterocycles. The molecule has 11 heteroatoms. The predicted molar refractivity (Wildman–Crippen MR) is 189 cm³/mol. The van der Waals surface area contributed by atoms with E-state index < -0.39 is 11.9 Å². The molecule has 2 aliphatic rings. The Balaban J connectivity index is 1.61. The maximum absolute atomic E-state index is 15.1. The van der Waals surface area contributed by atoms with Gasteiger partial charge >= 0.3 is 0 Å². The highest BCUT2D eigenvalue weighted by Gasteiger charge is 2.43. The van der Waals surface area contributed by atoms with Gasteiger partial charge in [0.05, 0.1) is 67.2 Å². The van der Waals surface area contributed by atoms with Crippen LogP contribution < -0.4 is 43.4 Å². The molecule has 4 aromatic rings. The van der Waals surface area contributed by atoms with Gasteiger partial charge in [0, 0.05) is 23.3 Å². The minimum Gasteiger partial charge on any atom is -0.497 e. The second kappa shape index (κ2) is 14.3. The van der Waals surface area contributed by atoms with Crippen molar-refractivity contribution in [3.8, 4) is 40.2 Å². The van der Waals surface area contributed by atoms with Gasteiger partial charge in [0.25, 0.3) is 5.91 Å². The van der Waals surface area contributed by atoms with Crippen molar-refractivity contribution in [1.29, 1.82) is 0 Å². The highest BCUT2D eigenvalue weighted by molar-refractivity contribution is 6.12. The second-order valence-electron chi connectivity index (χ2n) is 11.8. The van der Waals surface area contributed by atoms with E-state index in [1.54, 1.807) is 36.3 Å². The molecule has 0 spiro atoms. The summed E-state index contributed by atoms with van der Waals surface area (Å²) in [5.74, 6) is 2.26. The Hall–Kier alpha value is -5.84. The zero-order valence-corrected chi connectivity index (χ0v) is 29.1. The molecule has 0 saturated carbocycles. The van der Waals surface area contributed by atoms with E-state index in [0.29, 0.717) is 69.1 Å². The molecule has 50 heavy (non-hydrogen) atoms. The number of anilines is 2. The van der Waals surface area contributed by atoms with Crippen molar-refractivity contribution in [2.75, 3.05) is 60.0 Å². The van der Waals surface area contributed by atoms with Gasteiger partial charge in [-0.25, -0.2) is 0 Å². The number of rotatable bonds is 10. The number of Topliss-reactive ketones (excluding diaryl/α,β-unsaturated/α-hetero) is 1. The highest BCUT2D eigenvalue weighted by atomic mass is 16.5. The van der Waals surface area contributed by atoms with Crippen LogP contribution in [0, 0.1) is 0 Å². The number of benzene rings is 4. The number of nitrogens with one attached hydrogen (secondary N) is 1. The lowest BCUT2D eigenvalue weighted by Crippen LogP contribution is -2.38. The lowest BCUT2D eigenvalue weighted by Gasteiger charge is -2.35. The Labute approximate surface area is 291 Å². The minimum absolute atomic E-state index is 0.103. The number of methoxy groups -OCH3 is 7. The van der Waals surface area contributed by atoms with E-state index in [4.69, 9.17) is 33.2 Å². The largest absolute Gasteiger partial charge is 0.497 e. The maximum atomic E-state index is 15.1. The van der Waals surface area contributed by atoms with Gasteiger partial charge in [0.15, 0.2) is 28.8 Å². The summed E-state index contributed by atoms with van der Waals surface area (Å²) < 4.78 is 39.3. The number of ether oxygens (including phenoxy) is 7. The number of amides is 1. The maximum Gasteiger partial charge on any atom is 0.259 e. The fraction of sp³-hybridized carbons (Fsp3) is 0.282. The summed E-state index contributed by atoms with van der Waals surface area (Å²) in [5.41, 5.74) is 4.26. The molecular weight excluding hydrogens is 640 g/mol. The summed E-state index contributed by atoms with van der Waals surface area (Å²) in [4.78, 5) is 31.4. The highest BCUT2D eigenvalue weighted by Crippen LogP contribution is 2.51. The van der Waals surface area contributed by atoms with Crippen LogP contribution in [0.15, 0.2) is 84.1 Å². The molecule has 4 aromatic carbocycles. The Bertz CT molecular complexity index is 1900. The van der Waals surface area contributed by atoms with Crippen LogP contribution in [0.4, 0.5) is 11.4 Å². The molecule has 0 saturated heterocycles. The first-order chi connectivity index (χ1) is 24.3. The van der Waals surface area contributed by atoms with Gasteiger partial charge in [-0.1, -0.05) is 24.3 Å². The van der Waals surface area contributed by atoms with E-state index in [0.717, 1.165) is 11.3 Å². The quantitative estimate of drug-likeness (QED) is 0.189. The monoisotopic (exact) mass is 680 g/mol. The van der Waals surface area contributed by atoms with Crippen molar-refractivity contribution < 1.29 is 42.7 Å². The van der Waals surface area contributed by atoms with Crippen LogP contribution in [0.25, 0.3) is 0 Å². The van der Waals surface area contributed by atoms with Gasteiger partial charge in [-0.2, -0.15) is 0 Å². The van der Waals surface area contributed by atoms with Crippen molar-refractivity contribution >= 4 is 23.1 Å². The van der Waals surface area contributed by atoms with Crippen LogP contribution in [-0.2, 0) is 4.79 Å². The third-order valence-corrected chi connectivity index (χ3v) is 9.21. The van der Waals surface area contributed by atoms with E-state index in [1.807, 2.05) is 48.5 Å². The standard InChI is InChI=1S/C39H40N2O9/c1-44-26-14-12-22(13-15-26)23-16-28-35(30(42)17-23)36(24-18-31(45-2)37(49-6)32(19-24)46-3)41(29-11-9-8-10-27(29)40-28)39(43)25-20-33(47-4)38(50-7)34(21-25)48-5/h8-15,18-21,23,36,40H,16-17H2,1-7H3/t23-,36-/m0/s1. The molecule has 2 atom stereocenters. The van der Waals surface area contributed by atoms with Crippen molar-refractivity contribution in [3.63, 3.8) is 0 Å². The smallest absolute Gasteiger partial charge is 0.259 e. The first-order valence-corrected chi connectivity index (χ1v) is 16.0. The number of nitrogens with zero attached hydrogens (tertiary/aromatic N) is 1. The van der Waals surface area contributed by atoms with E-state index >= 15 is 4.79 Å². The van der Waals surface area contributed by atoms with Crippen LogP contribution in [0.2, 0.25) is 0 Å². The summed E-state index contributed by atoms with van der Waals surface area (Å²) in [7, 11) is 10.7. The molecule has 1 amide bonds. The lowest BCUT2D eigenvalue weighted by atomic mass is 9.78. The number of carbonyl (C=O) groups is 2. The number of allylic oxidation sites excluding steroid dienone is 1. The first kappa shape index (κ1) is 34.0. The SMILES string of the molecule is COc1ccc([C@@H]2CC(=O)C3=C(C2)Nc2ccccc2N(C(=O)c2cc(OC)c(OC)c(OC)c2)[C@H]3c2cc(OC)c(OC)c(OC)c2)cc1. The van der Waals surface area contributed by atoms with Crippen molar-refractivity contribution in [2.24, 2.45) is 0 Å². The van der Waals surface area contributed by atoms with Crippen LogP contribution >= 0.6 is 0 Å². The molecule has 11 nitrogen and oxygen atoms in total. The summed E-state index contributed by atoms with van der Waals surface area (Å²) in [6.07, 6.45) is 0.755. The molecule has 0 fully saturated rings. The first-order valence-electron chi connectivity index (χ1n) is 16.0. The molecule has 0 unspecified atom stereocenters. The molecular formula is C39H40N2O9. The lowest BCUT2D eigenvalue weighted by molar-refractivity contribution is -0.116. The Kier molecular flexibility index (Phi) is 9.76. The summed E-state index contributed by atoms with van der Waals surface area (Å²) in [5, 5.41) is 3.58. The van der Waals surface area contributed by atoms with Gasteiger partial charge < -0.3 is 38.5 Å². The zero-order valence-electron chi connectivity index (χ0n) is 29.1. The fourth-order valence-electron chi connectivity index (χ4n) is 6.84. The summed E-state index contributed by atoms with van der Waals surface area (Å²) >= 11 is 0. The van der Waals surface area contributed by atoms with Crippen LogP contribution in [0.5, 0.6) is 40.2 Å². The Morgan fingerprint density at radius 1 is 0.660 bits per heavy atom. The van der Waals surface area contributed by atoms with Gasteiger partial charge in [-0.05, 0) is 72.0 Å². The van der Waals surface area contributed by atoms with Gasteiger partial charge in [0.2, 0.25) is 11.5 Å². The number of fused-ring (bicyclic) bond motifs is 1. The topological polar surface area (TPSA) is 114 Å². The number of ketones is 1. The van der Waals surface area contributed by atoms with Gasteiger partial charge in [0.1, 0.15) is 5.75 Å². The third-order valence-electron chi connectivity index (χ3n) is 9.21. The molecule has 1 heterocycles. The van der Waals surface area contributed by atoms with E-state index in [-0.39, 0.29) is 23.7 Å². The van der Waals surface area contributed by atoms with E-state index in [9.17, 15) is 4.79 Å². The molecule has 0 radical (unpaired) electrons. The second-order valence-corrected chi connectivity index (χ2v) is 11.8. The van der Waals surface area contributed by atoms with Crippen LogP contribution in [-0.4, -0.2) is 61.5 Å². The Morgan fingerprint density at radius 3 is 1.76 bits per heavy atom. The molecule has 6 rings (SSSR count). The van der Waals surface area contributed by atoms with Gasteiger partial charge in [-0.15, -0.1) is 0 Å². The number of carbonyl (C=O) groups excluding carboxylic acids is 2. The summed E-state index contributed by atoms with van der Waals surface area (Å²) in [6, 6.07) is 21.1. The normalized spacial score (nSPS) is 16.7. The predicted octanol–water partition coefficient (Wildman–Crippen LogP) is 6.96. The summed E-state index contributed by atoms with van der Waals surface area (Å²) in [6.45, 7) is 0. The number of para-hydroxylation sites is 2. The zero-order chi connectivity index (χ0) is 35.5. The molecule has 1 aliphatic heterocycles. The van der Waals surface area contributed by atoms with Crippen molar-refractivity contribution in [3.05, 3.63) is 101 Å². The average molecular weight is 681 g/mol. The van der Waals surface area contributed by atoms with Crippen LogP contribution in [0.1, 0.15) is 46.3 Å². The third kappa shape index (κ3) is 5.99. The average Bonchev–Trinajstić information content (AvgIpc) is 3.31. The minimum atomic E-state index is -0.911. The van der Waals surface area contributed by atoms with Crippen molar-refractivity contribution in [2.45, 2.75) is 24.8 Å². The Morgan fingerprint density at radius 2 is 1.22 bits per heavy atom. The fourth-order valence-corrected chi connectivity index (χ4v) is 6.84. The number of hydrogen-bond donors (Lipinski definition) is 1. The molecule has 1 N–H and O–H groups in total. The molecule has 260 valence electrons.